The smallest absolute Gasteiger partial charge is 0.213 e. The van der Waals surface area contributed by atoms with Crippen molar-refractivity contribution < 1.29 is 4.52 Å². The van der Waals surface area contributed by atoms with Gasteiger partial charge in [-0.2, -0.15) is 10.1 Å². The first-order valence-electron chi connectivity index (χ1n) is 5.84. The molecule has 1 atom stereocenters. The Labute approximate surface area is 99.0 Å². The summed E-state index contributed by atoms with van der Waals surface area (Å²) in [6, 6.07) is 0.353. The van der Waals surface area contributed by atoms with Crippen LogP contribution in [0.4, 0.5) is 0 Å². The fraction of sp³-hybridized carbons (Fsp3) is 0.545. The molecule has 2 aromatic heterocycles. The fourth-order valence-corrected chi connectivity index (χ4v) is 2.40. The van der Waals surface area contributed by atoms with E-state index in [0.717, 1.165) is 12.8 Å². The van der Waals surface area contributed by atoms with Gasteiger partial charge < -0.3 is 9.84 Å². The topological polar surface area (TPSA) is 68.8 Å². The van der Waals surface area contributed by atoms with E-state index in [9.17, 15) is 0 Å². The molecule has 1 unspecified atom stereocenters. The summed E-state index contributed by atoms with van der Waals surface area (Å²) in [6.07, 6.45) is 6.76. The van der Waals surface area contributed by atoms with Crippen molar-refractivity contribution in [3.8, 4) is 0 Å². The van der Waals surface area contributed by atoms with Crippen LogP contribution in [0.3, 0.4) is 0 Å². The molecule has 2 heterocycles. The highest BCUT2D eigenvalue weighted by Gasteiger charge is 2.23. The van der Waals surface area contributed by atoms with Gasteiger partial charge in [0, 0.05) is 24.3 Å². The van der Waals surface area contributed by atoms with Gasteiger partial charge >= 0.3 is 0 Å². The van der Waals surface area contributed by atoms with E-state index in [0.29, 0.717) is 18.4 Å². The van der Waals surface area contributed by atoms with Gasteiger partial charge in [0.1, 0.15) is 0 Å². The minimum Gasteiger partial charge on any atom is -0.343 e. The quantitative estimate of drug-likeness (QED) is 0.855. The van der Waals surface area contributed by atoms with Gasteiger partial charge in [0.05, 0.1) is 12.7 Å². The lowest BCUT2D eigenvalue weighted by Crippen LogP contribution is -2.25. The predicted octanol–water partition coefficient (Wildman–Crippen LogP) is 0.970. The van der Waals surface area contributed by atoms with Gasteiger partial charge in [0.2, 0.25) is 6.39 Å². The zero-order chi connectivity index (χ0) is 11.7. The van der Waals surface area contributed by atoms with E-state index in [-0.39, 0.29) is 0 Å². The van der Waals surface area contributed by atoms with E-state index in [1.54, 1.807) is 0 Å². The predicted molar refractivity (Wildman–Crippen MR) is 60.0 cm³/mol. The Hall–Kier alpha value is -1.69. The van der Waals surface area contributed by atoms with E-state index in [1.165, 1.54) is 24.1 Å². The number of aromatic nitrogens is 4. The van der Waals surface area contributed by atoms with Crippen molar-refractivity contribution in [2.24, 2.45) is 7.05 Å². The standard InChI is InChI=1S/C11H15N5O/c1-16-10-4-2-3-9(8(10)5-14-16)12-6-11-13-7-17-15-11/h5,7,9,12H,2-4,6H2,1H3. The molecule has 1 N–H and O–H groups in total. The number of nitrogens with one attached hydrogen (secondary N) is 1. The SMILES string of the molecule is Cn1ncc2c1CCCC2NCc1ncon1. The zero-order valence-corrected chi connectivity index (χ0v) is 9.76. The molecule has 0 amide bonds. The molecule has 17 heavy (non-hydrogen) atoms. The largest absolute Gasteiger partial charge is 0.343 e. The Bertz CT molecular complexity index is 490. The summed E-state index contributed by atoms with van der Waals surface area (Å²) in [6.45, 7) is 0.634. The summed E-state index contributed by atoms with van der Waals surface area (Å²) >= 11 is 0. The van der Waals surface area contributed by atoms with Gasteiger partial charge in [-0.1, -0.05) is 5.16 Å². The van der Waals surface area contributed by atoms with Crippen LogP contribution in [0.5, 0.6) is 0 Å². The molecule has 6 nitrogen and oxygen atoms in total. The van der Waals surface area contributed by atoms with Crippen molar-refractivity contribution >= 4 is 0 Å². The van der Waals surface area contributed by atoms with E-state index >= 15 is 0 Å². The first-order chi connectivity index (χ1) is 8.34. The van der Waals surface area contributed by atoms with Crippen LogP contribution in [0.1, 0.15) is 36.0 Å². The van der Waals surface area contributed by atoms with Crippen LogP contribution >= 0.6 is 0 Å². The maximum atomic E-state index is 4.71. The van der Waals surface area contributed by atoms with Gasteiger partial charge in [0.15, 0.2) is 5.82 Å². The molecule has 1 aliphatic rings. The molecule has 0 radical (unpaired) electrons. The Morgan fingerprint density at radius 3 is 3.35 bits per heavy atom. The van der Waals surface area contributed by atoms with Crippen LogP contribution in [0.15, 0.2) is 17.1 Å². The monoisotopic (exact) mass is 233 g/mol. The van der Waals surface area contributed by atoms with Crippen LogP contribution in [-0.2, 0) is 20.0 Å². The average molecular weight is 233 g/mol. The first-order valence-corrected chi connectivity index (χ1v) is 5.84. The molecule has 3 rings (SSSR count). The lowest BCUT2D eigenvalue weighted by Gasteiger charge is -2.23. The second kappa shape index (κ2) is 4.29. The van der Waals surface area contributed by atoms with Crippen LogP contribution in [0.25, 0.3) is 0 Å². The lowest BCUT2D eigenvalue weighted by atomic mass is 9.93. The molecule has 0 aliphatic heterocycles. The summed E-state index contributed by atoms with van der Waals surface area (Å²) in [5.74, 6) is 0.695. The number of nitrogens with zero attached hydrogens (tertiary/aromatic N) is 4. The number of rotatable bonds is 3. The van der Waals surface area contributed by atoms with E-state index in [1.807, 2.05) is 17.9 Å². The number of aryl methyl sites for hydroxylation is 1. The summed E-state index contributed by atoms with van der Waals surface area (Å²) in [7, 11) is 2.00. The molecule has 0 aromatic carbocycles. The maximum absolute atomic E-state index is 4.71. The van der Waals surface area contributed by atoms with Crippen molar-refractivity contribution in [3.63, 3.8) is 0 Å². The van der Waals surface area contributed by atoms with Crippen molar-refractivity contribution in [2.75, 3.05) is 0 Å². The molecule has 1 aliphatic carbocycles. The summed E-state index contributed by atoms with van der Waals surface area (Å²) < 4.78 is 6.68. The number of hydrogen-bond donors (Lipinski definition) is 1. The van der Waals surface area contributed by atoms with Crippen molar-refractivity contribution in [1.82, 2.24) is 25.2 Å². The Morgan fingerprint density at radius 2 is 2.53 bits per heavy atom. The highest BCUT2D eigenvalue weighted by Crippen LogP contribution is 2.29. The molecule has 0 fully saturated rings. The molecule has 0 spiro atoms. The van der Waals surface area contributed by atoms with Gasteiger partial charge in [-0.3, -0.25) is 4.68 Å². The third-order valence-electron chi connectivity index (χ3n) is 3.29. The van der Waals surface area contributed by atoms with Crippen molar-refractivity contribution in [1.29, 1.82) is 0 Å². The number of fused-ring (bicyclic) bond motifs is 1. The maximum Gasteiger partial charge on any atom is 0.213 e. The lowest BCUT2D eigenvalue weighted by molar-refractivity contribution is 0.397. The van der Waals surface area contributed by atoms with Gasteiger partial charge in [-0.25, -0.2) is 0 Å². The van der Waals surface area contributed by atoms with Crippen LogP contribution in [-0.4, -0.2) is 19.9 Å². The summed E-state index contributed by atoms with van der Waals surface area (Å²) in [5, 5.41) is 11.6. The highest BCUT2D eigenvalue weighted by molar-refractivity contribution is 5.24. The highest BCUT2D eigenvalue weighted by atomic mass is 16.5. The van der Waals surface area contributed by atoms with E-state index in [2.05, 4.69) is 20.6 Å². The van der Waals surface area contributed by atoms with Gasteiger partial charge in [-0.05, 0) is 19.3 Å². The van der Waals surface area contributed by atoms with Crippen LogP contribution < -0.4 is 5.32 Å². The molecule has 0 saturated heterocycles. The molecule has 6 heteroatoms. The minimum atomic E-state index is 0.353. The third-order valence-corrected chi connectivity index (χ3v) is 3.29. The molecule has 0 bridgehead atoms. The molecular weight excluding hydrogens is 218 g/mol. The van der Waals surface area contributed by atoms with Crippen LogP contribution in [0, 0.1) is 0 Å². The second-order valence-corrected chi connectivity index (χ2v) is 4.34. The average Bonchev–Trinajstić information content (AvgIpc) is 2.97. The fourth-order valence-electron chi connectivity index (χ4n) is 2.40. The molecular formula is C11H15N5O. The first kappa shape index (κ1) is 10.5. The van der Waals surface area contributed by atoms with Gasteiger partial charge in [0.25, 0.3) is 0 Å². The summed E-state index contributed by atoms with van der Waals surface area (Å²) in [4.78, 5) is 4.00. The second-order valence-electron chi connectivity index (χ2n) is 4.34. The van der Waals surface area contributed by atoms with Crippen molar-refractivity contribution in [3.05, 3.63) is 29.7 Å². The van der Waals surface area contributed by atoms with E-state index in [4.69, 9.17) is 4.52 Å². The van der Waals surface area contributed by atoms with Crippen LogP contribution in [0.2, 0.25) is 0 Å². The zero-order valence-electron chi connectivity index (χ0n) is 9.76. The number of hydrogen-bond acceptors (Lipinski definition) is 5. The van der Waals surface area contributed by atoms with E-state index < -0.39 is 0 Å². The summed E-state index contributed by atoms with van der Waals surface area (Å²) in [5.41, 5.74) is 2.64. The molecule has 0 saturated carbocycles. The Morgan fingerprint density at radius 1 is 1.59 bits per heavy atom. The Balaban J connectivity index is 1.72. The molecule has 90 valence electrons. The molecule has 2 aromatic rings. The Kier molecular flexibility index (Phi) is 2.64. The minimum absolute atomic E-state index is 0.353. The van der Waals surface area contributed by atoms with Crippen molar-refractivity contribution in [2.45, 2.75) is 31.8 Å². The third kappa shape index (κ3) is 1.95. The van der Waals surface area contributed by atoms with Gasteiger partial charge in [-0.15, -0.1) is 0 Å². The normalized spacial score (nSPS) is 19.2.